The summed E-state index contributed by atoms with van der Waals surface area (Å²) in [6.07, 6.45) is 0.147. The first-order chi connectivity index (χ1) is 13.5. The monoisotopic (exact) mass is 396 g/mol. The van der Waals surface area contributed by atoms with Gasteiger partial charge in [-0.1, -0.05) is 29.8 Å². The number of hydrogen-bond donors (Lipinski definition) is 2. The lowest BCUT2D eigenvalue weighted by atomic mass is 10.1. The Kier molecular flexibility index (Phi) is 4.83. The molecule has 142 valence electrons. The van der Waals surface area contributed by atoms with Gasteiger partial charge in [0, 0.05) is 29.1 Å². The van der Waals surface area contributed by atoms with E-state index in [0.29, 0.717) is 28.0 Å². The zero-order valence-corrected chi connectivity index (χ0v) is 15.6. The number of carbonyl (C=O) groups excluding carboxylic acids is 2. The summed E-state index contributed by atoms with van der Waals surface area (Å²) < 4.78 is 0. The summed E-state index contributed by atoms with van der Waals surface area (Å²) in [5, 5.41) is 11.1. The number of fused-ring (bicyclic) bond motifs is 1. The fourth-order valence-electron chi connectivity index (χ4n) is 3.38. The lowest BCUT2D eigenvalue weighted by Gasteiger charge is -2.16. The van der Waals surface area contributed by atoms with Crippen LogP contribution >= 0.6 is 11.6 Å². The van der Waals surface area contributed by atoms with Gasteiger partial charge in [-0.3, -0.25) is 14.4 Å². The quantitative estimate of drug-likeness (QED) is 0.707. The molecule has 0 spiro atoms. The molecule has 0 radical (unpaired) electrons. The molecule has 0 bridgehead atoms. The lowest BCUT2D eigenvalue weighted by molar-refractivity contribution is -0.126. The molecule has 0 unspecified atom stereocenters. The molecule has 2 amide bonds. The van der Waals surface area contributed by atoms with Crippen LogP contribution in [0.4, 0.5) is 5.69 Å². The van der Waals surface area contributed by atoms with Crippen molar-refractivity contribution in [3.05, 3.63) is 69.6 Å². The van der Waals surface area contributed by atoms with E-state index >= 15 is 0 Å². The van der Waals surface area contributed by atoms with Crippen LogP contribution in [0, 0.1) is 5.92 Å². The van der Waals surface area contributed by atoms with Crippen LogP contribution in [0.1, 0.15) is 12.1 Å². The number of rotatable bonds is 4. The Morgan fingerprint density at radius 1 is 1.14 bits per heavy atom. The molecular weight excluding hydrogens is 380 g/mol. The highest BCUT2D eigenvalue weighted by Gasteiger charge is 2.35. The van der Waals surface area contributed by atoms with E-state index in [-0.39, 0.29) is 30.3 Å². The van der Waals surface area contributed by atoms with Gasteiger partial charge in [-0.05, 0) is 30.3 Å². The van der Waals surface area contributed by atoms with Crippen molar-refractivity contribution in [2.45, 2.75) is 13.0 Å². The normalized spacial score (nSPS) is 16.5. The smallest absolute Gasteiger partial charge is 0.272 e. The van der Waals surface area contributed by atoms with E-state index in [9.17, 15) is 14.4 Å². The highest BCUT2D eigenvalue weighted by atomic mass is 35.5. The number of hydrogen-bond acceptors (Lipinski definition) is 4. The minimum Gasteiger partial charge on any atom is -0.350 e. The Morgan fingerprint density at radius 3 is 2.61 bits per heavy atom. The number of carbonyl (C=O) groups is 2. The van der Waals surface area contributed by atoms with Crippen LogP contribution in [0.3, 0.4) is 0 Å². The van der Waals surface area contributed by atoms with Gasteiger partial charge in [0.1, 0.15) is 0 Å². The fourth-order valence-corrected chi connectivity index (χ4v) is 3.50. The summed E-state index contributed by atoms with van der Waals surface area (Å²) >= 11 is 5.89. The minimum atomic E-state index is -0.447. The third kappa shape index (κ3) is 3.48. The fraction of sp³-hybridized carbons (Fsp3) is 0.200. The Hall–Kier alpha value is -3.19. The number of anilines is 1. The van der Waals surface area contributed by atoms with Gasteiger partial charge in [0.2, 0.25) is 11.8 Å². The van der Waals surface area contributed by atoms with Gasteiger partial charge in [0.05, 0.1) is 23.5 Å². The SMILES string of the molecule is O=C(NCc1n[nH]c(=O)c2ccccc12)[C@@H]1CC(=O)N(c2ccc(Cl)cc2)C1. The highest BCUT2D eigenvalue weighted by Crippen LogP contribution is 2.26. The summed E-state index contributed by atoms with van der Waals surface area (Å²) in [6.45, 7) is 0.480. The van der Waals surface area contributed by atoms with Gasteiger partial charge >= 0.3 is 0 Å². The predicted octanol–water partition coefficient (Wildman–Crippen LogP) is 2.25. The number of nitrogens with zero attached hydrogens (tertiary/aromatic N) is 2. The largest absolute Gasteiger partial charge is 0.350 e. The Labute approximate surface area is 165 Å². The number of aromatic amines is 1. The first-order valence-corrected chi connectivity index (χ1v) is 9.20. The molecule has 0 aliphatic carbocycles. The number of halogens is 1. The maximum Gasteiger partial charge on any atom is 0.272 e. The molecule has 4 rings (SSSR count). The lowest BCUT2D eigenvalue weighted by Crippen LogP contribution is -2.33. The first-order valence-electron chi connectivity index (χ1n) is 8.83. The summed E-state index contributed by atoms with van der Waals surface area (Å²) in [4.78, 5) is 38.4. The van der Waals surface area contributed by atoms with Gasteiger partial charge in [0.25, 0.3) is 5.56 Å². The molecule has 1 saturated heterocycles. The molecule has 2 heterocycles. The maximum absolute atomic E-state index is 12.6. The van der Waals surface area contributed by atoms with Crippen LogP contribution in [0.15, 0.2) is 53.3 Å². The minimum absolute atomic E-state index is 0.102. The molecule has 0 saturated carbocycles. The number of nitrogens with one attached hydrogen (secondary N) is 2. The van der Waals surface area contributed by atoms with Crippen LogP contribution in [-0.2, 0) is 16.1 Å². The summed E-state index contributed by atoms with van der Waals surface area (Å²) in [5.74, 6) is -0.769. The predicted molar refractivity (Wildman–Crippen MR) is 106 cm³/mol. The van der Waals surface area contributed by atoms with Crippen molar-refractivity contribution in [2.75, 3.05) is 11.4 Å². The summed E-state index contributed by atoms with van der Waals surface area (Å²) in [7, 11) is 0. The van der Waals surface area contributed by atoms with Crippen LogP contribution in [-0.4, -0.2) is 28.6 Å². The Bertz CT molecular complexity index is 1110. The third-order valence-corrected chi connectivity index (χ3v) is 5.09. The third-order valence-electron chi connectivity index (χ3n) is 4.84. The molecule has 3 aromatic rings. The molecule has 1 fully saturated rings. The number of benzene rings is 2. The van der Waals surface area contributed by atoms with E-state index < -0.39 is 5.92 Å². The van der Waals surface area contributed by atoms with Crippen molar-refractivity contribution in [3.8, 4) is 0 Å². The number of H-pyrrole nitrogens is 1. The van der Waals surface area contributed by atoms with Gasteiger partial charge in [-0.2, -0.15) is 5.10 Å². The average molecular weight is 397 g/mol. The molecule has 1 atom stereocenters. The van der Waals surface area contributed by atoms with E-state index in [4.69, 9.17) is 11.6 Å². The van der Waals surface area contributed by atoms with Crippen molar-refractivity contribution in [2.24, 2.45) is 5.92 Å². The second kappa shape index (κ2) is 7.44. The van der Waals surface area contributed by atoms with Gasteiger partial charge in [-0.25, -0.2) is 5.10 Å². The molecule has 2 aromatic carbocycles. The molecular formula is C20H17ClN4O3. The topological polar surface area (TPSA) is 95.2 Å². The van der Waals surface area contributed by atoms with Crippen LogP contribution in [0.5, 0.6) is 0 Å². The molecule has 1 aliphatic heterocycles. The molecule has 7 nitrogen and oxygen atoms in total. The summed E-state index contributed by atoms with van der Waals surface area (Å²) in [6, 6.07) is 14.0. The first kappa shape index (κ1) is 18.2. The van der Waals surface area contributed by atoms with E-state index in [2.05, 4.69) is 15.5 Å². The van der Waals surface area contributed by atoms with E-state index in [0.717, 1.165) is 5.69 Å². The maximum atomic E-state index is 12.6. The number of amides is 2. The van der Waals surface area contributed by atoms with E-state index in [1.165, 1.54) is 0 Å². The van der Waals surface area contributed by atoms with Crippen LogP contribution in [0.2, 0.25) is 5.02 Å². The number of aromatic nitrogens is 2. The highest BCUT2D eigenvalue weighted by molar-refractivity contribution is 6.30. The van der Waals surface area contributed by atoms with Crippen LogP contribution < -0.4 is 15.8 Å². The van der Waals surface area contributed by atoms with Crippen LogP contribution in [0.25, 0.3) is 10.8 Å². The molecule has 8 heteroatoms. The van der Waals surface area contributed by atoms with Crippen molar-refractivity contribution >= 4 is 39.9 Å². The van der Waals surface area contributed by atoms with Gasteiger partial charge in [-0.15, -0.1) is 0 Å². The van der Waals surface area contributed by atoms with E-state index in [1.54, 1.807) is 47.4 Å². The second-order valence-corrected chi connectivity index (χ2v) is 7.08. The Morgan fingerprint density at radius 2 is 1.86 bits per heavy atom. The Balaban J connectivity index is 1.45. The standard InChI is InChI=1S/C20H17ClN4O3/c21-13-5-7-14(8-6-13)25-11-12(9-18(25)26)19(27)22-10-17-15-3-1-2-4-16(15)20(28)24-23-17/h1-8,12H,9-11H2,(H,22,27)(H,24,28)/t12-/m1/s1. The van der Waals surface area contributed by atoms with Gasteiger partial charge < -0.3 is 10.2 Å². The zero-order valence-electron chi connectivity index (χ0n) is 14.8. The van der Waals surface area contributed by atoms with E-state index in [1.807, 2.05) is 6.07 Å². The second-order valence-electron chi connectivity index (χ2n) is 6.64. The molecule has 28 heavy (non-hydrogen) atoms. The van der Waals surface area contributed by atoms with Crippen molar-refractivity contribution in [1.82, 2.24) is 15.5 Å². The molecule has 1 aromatic heterocycles. The van der Waals surface area contributed by atoms with Crippen molar-refractivity contribution in [3.63, 3.8) is 0 Å². The van der Waals surface area contributed by atoms with Gasteiger partial charge in [0.15, 0.2) is 0 Å². The summed E-state index contributed by atoms with van der Waals surface area (Å²) in [5.41, 5.74) is 1.02. The average Bonchev–Trinajstić information content (AvgIpc) is 3.10. The van der Waals surface area contributed by atoms with Crippen molar-refractivity contribution < 1.29 is 9.59 Å². The molecule has 2 N–H and O–H groups in total. The molecule has 1 aliphatic rings. The van der Waals surface area contributed by atoms with Crippen molar-refractivity contribution in [1.29, 1.82) is 0 Å². The zero-order chi connectivity index (χ0) is 19.7.